The fourth-order valence-electron chi connectivity index (χ4n) is 2.10. The second-order valence-electron chi connectivity index (χ2n) is 5.12. The average molecular weight is 400 g/mol. The third-order valence-corrected chi connectivity index (χ3v) is 4.54. The summed E-state index contributed by atoms with van der Waals surface area (Å²) in [5.41, 5.74) is 2.01. The van der Waals surface area contributed by atoms with E-state index < -0.39 is 16.1 Å². The summed E-state index contributed by atoms with van der Waals surface area (Å²) in [5.74, 6) is 0.0911. The van der Waals surface area contributed by atoms with Gasteiger partial charge in [0, 0.05) is 10.9 Å². The summed E-state index contributed by atoms with van der Waals surface area (Å²) in [7, 11) is -3.71. The Balaban J connectivity index is 2.26. The van der Waals surface area contributed by atoms with Crippen molar-refractivity contribution in [2.24, 2.45) is 5.14 Å². The smallest absolute Gasteiger partial charge is 0.213 e. The summed E-state index contributed by atoms with van der Waals surface area (Å²) in [6, 6.07) is 14.5. The van der Waals surface area contributed by atoms with E-state index in [1.807, 2.05) is 30.3 Å². The lowest BCUT2D eigenvalue weighted by Crippen LogP contribution is -2.15. The van der Waals surface area contributed by atoms with E-state index in [0.717, 1.165) is 5.56 Å². The zero-order valence-corrected chi connectivity index (χ0v) is 14.8. The zero-order chi connectivity index (χ0) is 16.9. The van der Waals surface area contributed by atoms with Crippen LogP contribution in [0, 0.1) is 0 Å². The van der Waals surface area contributed by atoms with Crippen molar-refractivity contribution in [1.29, 1.82) is 0 Å². The summed E-state index contributed by atoms with van der Waals surface area (Å²) in [6.45, 7) is 0.318. The Morgan fingerprint density at radius 2 is 1.87 bits per heavy atom. The van der Waals surface area contributed by atoms with Gasteiger partial charge in [0.1, 0.15) is 12.4 Å². The number of halogens is 1. The fourth-order valence-corrected chi connectivity index (χ4v) is 3.13. The molecule has 2 aromatic carbocycles. The molecule has 23 heavy (non-hydrogen) atoms. The van der Waals surface area contributed by atoms with Crippen LogP contribution in [0.5, 0.6) is 5.75 Å². The van der Waals surface area contributed by atoms with E-state index in [1.54, 1.807) is 18.2 Å². The minimum atomic E-state index is -3.71. The van der Waals surface area contributed by atoms with E-state index in [1.165, 1.54) is 0 Å². The lowest BCUT2D eigenvalue weighted by Gasteiger charge is -2.15. The number of aliphatic hydroxyl groups is 1. The Bertz CT molecular complexity index is 750. The molecule has 0 bridgehead atoms. The van der Waals surface area contributed by atoms with Gasteiger partial charge in [-0.15, -0.1) is 0 Å². The molecule has 0 saturated heterocycles. The summed E-state index contributed by atoms with van der Waals surface area (Å²) >= 11 is 3.19. The predicted octanol–water partition coefficient (Wildman–Crippen LogP) is 2.48. The van der Waals surface area contributed by atoms with Gasteiger partial charge in [0.2, 0.25) is 10.0 Å². The maximum Gasteiger partial charge on any atom is 0.213 e. The van der Waals surface area contributed by atoms with Crippen LogP contribution in [0.3, 0.4) is 0 Å². The molecule has 0 saturated carbocycles. The summed E-state index contributed by atoms with van der Waals surface area (Å²) in [4.78, 5) is 0. The molecule has 2 rings (SSSR count). The van der Waals surface area contributed by atoms with E-state index in [9.17, 15) is 13.5 Å². The summed E-state index contributed by atoms with van der Waals surface area (Å²) < 4.78 is 28.6. The molecular weight excluding hydrogens is 382 g/mol. The van der Waals surface area contributed by atoms with Gasteiger partial charge < -0.3 is 9.84 Å². The topological polar surface area (TPSA) is 89.6 Å². The molecule has 124 valence electrons. The lowest BCUT2D eigenvalue weighted by atomic mass is 10.1. The third-order valence-electron chi connectivity index (χ3n) is 3.21. The van der Waals surface area contributed by atoms with Gasteiger partial charge in [-0.05, 0) is 23.3 Å². The Morgan fingerprint density at radius 1 is 1.17 bits per heavy atom. The molecule has 1 atom stereocenters. The number of ether oxygens (including phenoxy) is 1. The van der Waals surface area contributed by atoms with Gasteiger partial charge in [-0.1, -0.05) is 52.3 Å². The molecule has 0 fully saturated rings. The van der Waals surface area contributed by atoms with Crippen LogP contribution in [0.25, 0.3) is 0 Å². The van der Waals surface area contributed by atoms with Crippen molar-refractivity contribution in [3.05, 3.63) is 65.2 Å². The second kappa shape index (κ2) is 7.92. The Kier molecular flexibility index (Phi) is 6.17. The van der Waals surface area contributed by atoms with E-state index in [-0.39, 0.29) is 5.75 Å². The molecular formula is C16H18BrNO4S. The van der Waals surface area contributed by atoms with Gasteiger partial charge in [0.25, 0.3) is 0 Å². The molecule has 5 nitrogen and oxygen atoms in total. The molecule has 0 aliphatic rings. The number of nitrogens with two attached hydrogens (primary N) is 1. The second-order valence-corrected chi connectivity index (χ2v) is 7.38. The van der Waals surface area contributed by atoms with Gasteiger partial charge in [-0.2, -0.15) is 0 Å². The lowest BCUT2D eigenvalue weighted by molar-refractivity contribution is 0.205. The van der Waals surface area contributed by atoms with Gasteiger partial charge in [-0.3, -0.25) is 0 Å². The molecule has 3 N–H and O–H groups in total. The van der Waals surface area contributed by atoms with Crippen molar-refractivity contribution in [3.63, 3.8) is 0 Å². The summed E-state index contributed by atoms with van der Waals surface area (Å²) in [5, 5.41) is 15.4. The Hall–Kier alpha value is -1.41. The molecule has 0 spiro atoms. The molecule has 0 radical (unpaired) electrons. The molecule has 2 aromatic rings. The molecule has 0 amide bonds. The van der Waals surface area contributed by atoms with Crippen LogP contribution in [-0.2, 0) is 22.4 Å². The molecule has 0 aliphatic carbocycles. The van der Waals surface area contributed by atoms with Crippen LogP contribution in [0.4, 0.5) is 0 Å². The highest BCUT2D eigenvalue weighted by molar-refractivity contribution is 9.09. The standard InChI is InChI=1S/C16H18BrNO4S/c17-9-15(19)13-6-7-16(14(8-13)11-23(18,20)21)22-10-12-4-2-1-3-5-12/h1-8,15,19H,9-11H2,(H2,18,20,21)/t15-/m0/s1. The van der Waals surface area contributed by atoms with Gasteiger partial charge in [0.05, 0.1) is 11.9 Å². The molecule has 0 unspecified atom stereocenters. The monoisotopic (exact) mass is 399 g/mol. The number of primary sulfonamides is 1. The SMILES string of the molecule is NS(=O)(=O)Cc1cc([C@@H](O)CBr)ccc1OCc1ccccc1. The first-order valence-corrected chi connectivity index (χ1v) is 9.77. The van der Waals surface area contributed by atoms with Gasteiger partial charge in [-0.25, -0.2) is 13.6 Å². The van der Waals surface area contributed by atoms with Crippen molar-refractivity contribution in [3.8, 4) is 5.75 Å². The summed E-state index contributed by atoms with van der Waals surface area (Å²) in [6.07, 6.45) is -0.725. The van der Waals surface area contributed by atoms with E-state index in [0.29, 0.717) is 28.8 Å². The minimum absolute atomic E-state index is 0.318. The predicted molar refractivity (Wildman–Crippen MR) is 92.8 cm³/mol. The van der Waals surface area contributed by atoms with Crippen molar-refractivity contribution in [2.75, 3.05) is 5.33 Å². The molecule has 0 aromatic heterocycles. The number of hydrogen-bond donors (Lipinski definition) is 2. The van der Waals surface area contributed by atoms with Crippen LogP contribution in [0.1, 0.15) is 22.8 Å². The zero-order valence-electron chi connectivity index (χ0n) is 12.4. The van der Waals surface area contributed by atoms with Gasteiger partial charge in [0.15, 0.2) is 0 Å². The van der Waals surface area contributed by atoms with Crippen LogP contribution in [-0.4, -0.2) is 18.9 Å². The molecule has 7 heteroatoms. The van der Waals surface area contributed by atoms with Crippen LogP contribution >= 0.6 is 15.9 Å². The largest absolute Gasteiger partial charge is 0.489 e. The normalized spacial score (nSPS) is 12.8. The van der Waals surface area contributed by atoms with E-state index >= 15 is 0 Å². The third kappa shape index (κ3) is 5.62. The van der Waals surface area contributed by atoms with Crippen molar-refractivity contribution >= 4 is 26.0 Å². The van der Waals surface area contributed by atoms with Crippen molar-refractivity contribution < 1.29 is 18.3 Å². The van der Waals surface area contributed by atoms with Crippen molar-refractivity contribution in [1.82, 2.24) is 0 Å². The highest BCUT2D eigenvalue weighted by Crippen LogP contribution is 2.26. The first-order chi connectivity index (χ1) is 10.9. The number of alkyl halides is 1. The molecule has 0 aliphatic heterocycles. The number of sulfonamides is 1. The van der Waals surface area contributed by atoms with E-state index in [2.05, 4.69) is 15.9 Å². The first kappa shape index (κ1) is 17.9. The van der Waals surface area contributed by atoms with Gasteiger partial charge >= 0.3 is 0 Å². The highest BCUT2D eigenvalue weighted by atomic mass is 79.9. The number of aliphatic hydroxyl groups excluding tert-OH is 1. The maximum atomic E-state index is 11.4. The van der Waals surface area contributed by atoms with E-state index in [4.69, 9.17) is 9.88 Å². The molecule has 0 heterocycles. The number of benzene rings is 2. The number of rotatable bonds is 7. The maximum absolute atomic E-state index is 11.4. The van der Waals surface area contributed by atoms with Crippen LogP contribution in [0.15, 0.2) is 48.5 Å². The fraction of sp³-hybridized carbons (Fsp3) is 0.250. The average Bonchev–Trinajstić information content (AvgIpc) is 2.52. The van der Waals surface area contributed by atoms with Crippen LogP contribution < -0.4 is 9.88 Å². The minimum Gasteiger partial charge on any atom is -0.489 e. The van der Waals surface area contributed by atoms with Crippen LogP contribution in [0.2, 0.25) is 0 Å². The Morgan fingerprint density at radius 3 is 2.48 bits per heavy atom. The number of hydrogen-bond acceptors (Lipinski definition) is 4. The Labute approximate surface area is 144 Å². The highest BCUT2D eigenvalue weighted by Gasteiger charge is 2.15. The quantitative estimate of drug-likeness (QED) is 0.699. The van der Waals surface area contributed by atoms with Crippen molar-refractivity contribution in [2.45, 2.75) is 18.5 Å². The first-order valence-electron chi connectivity index (χ1n) is 6.93.